The van der Waals surface area contributed by atoms with Gasteiger partial charge in [-0.05, 0) is 87.1 Å². The first-order chi connectivity index (χ1) is 17.1. The maximum atomic E-state index is 13.4. The molecule has 1 atom stereocenters. The second-order valence-corrected chi connectivity index (χ2v) is 10.4. The molecule has 6 rings (SSSR count). The Labute approximate surface area is 208 Å². The molecule has 0 saturated carbocycles. The van der Waals surface area contributed by atoms with E-state index in [4.69, 9.17) is 20.9 Å². The highest BCUT2D eigenvalue weighted by atomic mass is 35.5. The first-order valence-electron chi connectivity index (χ1n) is 12.6. The molecule has 0 radical (unpaired) electrons. The summed E-state index contributed by atoms with van der Waals surface area (Å²) in [6.07, 6.45) is 5.44. The Morgan fingerprint density at radius 2 is 2.00 bits per heavy atom. The SMILES string of the molecule is O=C1CCc2cc(OCCCCN3CCC(c4noc5cc(F)ccc45)CC3)cc3c2N1CC3Cl. The van der Waals surface area contributed by atoms with E-state index in [-0.39, 0.29) is 17.1 Å². The molecule has 1 amide bonds. The molecule has 3 aromatic rings. The molecule has 8 heteroatoms. The highest BCUT2D eigenvalue weighted by molar-refractivity contribution is 6.23. The number of nitrogens with zero attached hydrogens (tertiary/aromatic N) is 3. The van der Waals surface area contributed by atoms with Crippen LogP contribution in [0.25, 0.3) is 11.0 Å². The van der Waals surface area contributed by atoms with Crippen molar-refractivity contribution in [1.29, 1.82) is 0 Å². The van der Waals surface area contributed by atoms with Crippen molar-refractivity contribution in [2.24, 2.45) is 0 Å². The maximum Gasteiger partial charge on any atom is 0.227 e. The second-order valence-electron chi connectivity index (χ2n) is 9.87. The molecule has 3 aliphatic rings. The summed E-state index contributed by atoms with van der Waals surface area (Å²) >= 11 is 6.52. The molecule has 2 aromatic carbocycles. The predicted molar refractivity (Wildman–Crippen MR) is 133 cm³/mol. The van der Waals surface area contributed by atoms with Crippen LogP contribution in [0.4, 0.5) is 10.1 Å². The molecule has 35 heavy (non-hydrogen) atoms. The number of unbranched alkanes of at least 4 members (excludes halogenated alkanes) is 1. The Kier molecular flexibility index (Phi) is 6.14. The second kappa shape index (κ2) is 9.43. The van der Waals surface area contributed by atoms with Crippen LogP contribution >= 0.6 is 11.6 Å². The molecule has 0 N–H and O–H groups in total. The van der Waals surface area contributed by atoms with Gasteiger partial charge in [0.05, 0.1) is 23.4 Å². The smallest absolute Gasteiger partial charge is 0.227 e. The van der Waals surface area contributed by atoms with Crippen molar-refractivity contribution in [2.45, 2.75) is 49.8 Å². The van der Waals surface area contributed by atoms with Gasteiger partial charge in [-0.2, -0.15) is 0 Å². The third-order valence-corrected chi connectivity index (χ3v) is 8.00. The van der Waals surface area contributed by atoms with E-state index in [1.807, 2.05) is 11.0 Å². The van der Waals surface area contributed by atoms with Crippen molar-refractivity contribution in [3.8, 4) is 5.75 Å². The first-order valence-corrected chi connectivity index (χ1v) is 13.0. The molecule has 0 aliphatic carbocycles. The number of ether oxygens (including phenoxy) is 1. The molecule has 0 bridgehead atoms. The lowest BCUT2D eigenvalue weighted by Crippen LogP contribution is -2.34. The molecular weight excluding hydrogens is 469 g/mol. The lowest BCUT2D eigenvalue weighted by Gasteiger charge is -2.31. The van der Waals surface area contributed by atoms with Crippen LogP contribution < -0.4 is 9.64 Å². The van der Waals surface area contributed by atoms with Gasteiger partial charge >= 0.3 is 0 Å². The van der Waals surface area contributed by atoms with E-state index in [2.05, 4.69) is 16.1 Å². The van der Waals surface area contributed by atoms with Gasteiger partial charge in [0.15, 0.2) is 5.58 Å². The number of carbonyl (C=O) groups excluding carboxylic acids is 1. The minimum atomic E-state index is -0.295. The topological polar surface area (TPSA) is 58.8 Å². The summed E-state index contributed by atoms with van der Waals surface area (Å²) in [4.78, 5) is 16.5. The number of hydrogen-bond acceptors (Lipinski definition) is 5. The summed E-state index contributed by atoms with van der Waals surface area (Å²) in [5, 5.41) is 5.02. The van der Waals surface area contributed by atoms with Gasteiger partial charge in [-0.15, -0.1) is 11.6 Å². The molecular formula is C27H29ClFN3O3. The first kappa shape index (κ1) is 22.8. The van der Waals surface area contributed by atoms with Crippen LogP contribution in [0.3, 0.4) is 0 Å². The number of anilines is 1. The normalized spacial score (nSPS) is 20.6. The summed E-state index contributed by atoms with van der Waals surface area (Å²) < 4.78 is 24.9. The van der Waals surface area contributed by atoms with Crippen LogP contribution in [-0.2, 0) is 11.2 Å². The Bertz CT molecular complexity index is 1250. The summed E-state index contributed by atoms with van der Waals surface area (Å²) in [6, 6.07) is 8.76. The maximum absolute atomic E-state index is 13.4. The quantitative estimate of drug-likeness (QED) is 0.315. The number of likely N-dealkylation sites (tertiary alicyclic amines) is 1. The van der Waals surface area contributed by atoms with Crippen LogP contribution in [0.2, 0.25) is 0 Å². The molecule has 6 nitrogen and oxygen atoms in total. The van der Waals surface area contributed by atoms with Gasteiger partial charge in [-0.3, -0.25) is 4.79 Å². The van der Waals surface area contributed by atoms with E-state index in [9.17, 15) is 9.18 Å². The minimum absolute atomic E-state index is 0.159. The van der Waals surface area contributed by atoms with Crippen molar-refractivity contribution in [3.05, 3.63) is 53.0 Å². The molecule has 4 heterocycles. The van der Waals surface area contributed by atoms with Crippen molar-refractivity contribution in [1.82, 2.24) is 10.1 Å². The Morgan fingerprint density at radius 3 is 2.86 bits per heavy atom. The fourth-order valence-corrected chi connectivity index (χ4v) is 6.07. The standard InChI is InChI=1S/C27H29ClFN3O3/c28-23-16-32-25(33)6-3-18-13-20(15-22(23)27(18)32)34-12-2-1-9-31-10-7-17(8-11-31)26-21-5-4-19(29)14-24(21)35-30-26/h4-5,13-15,17,23H,1-3,6-12,16H2. The summed E-state index contributed by atoms with van der Waals surface area (Å²) in [7, 11) is 0. The number of carbonyl (C=O) groups is 1. The van der Waals surface area contributed by atoms with Gasteiger partial charge in [-0.1, -0.05) is 5.16 Å². The number of aryl methyl sites for hydroxylation is 1. The van der Waals surface area contributed by atoms with E-state index in [0.29, 0.717) is 31.1 Å². The number of piperidine rings is 1. The van der Waals surface area contributed by atoms with Crippen LogP contribution in [0.15, 0.2) is 34.9 Å². The number of amides is 1. The summed E-state index contributed by atoms with van der Waals surface area (Å²) in [6.45, 7) is 4.35. The molecule has 1 saturated heterocycles. The fourth-order valence-electron chi connectivity index (χ4n) is 5.77. The zero-order valence-corrected chi connectivity index (χ0v) is 20.4. The highest BCUT2D eigenvalue weighted by Crippen LogP contribution is 2.46. The summed E-state index contributed by atoms with van der Waals surface area (Å²) in [5.74, 6) is 1.10. The Morgan fingerprint density at radius 1 is 1.14 bits per heavy atom. The van der Waals surface area contributed by atoms with Crippen molar-refractivity contribution in [3.63, 3.8) is 0 Å². The van der Waals surface area contributed by atoms with Crippen molar-refractivity contribution >= 4 is 34.2 Å². The van der Waals surface area contributed by atoms with Crippen molar-refractivity contribution in [2.75, 3.05) is 37.7 Å². The van der Waals surface area contributed by atoms with E-state index in [1.165, 1.54) is 17.7 Å². The molecule has 1 unspecified atom stereocenters. The van der Waals surface area contributed by atoms with Gasteiger partial charge in [0, 0.05) is 30.3 Å². The van der Waals surface area contributed by atoms with Gasteiger partial charge in [0.25, 0.3) is 0 Å². The van der Waals surface area contributed by atoms with E-state index < -0.39 is 0 Å². The zero-order valence-electron chi connectivity index (χ0n) is 19.6. The van der Waals surface area contributed by atoms with Gasteiger partial charge in [-0.25, -0.2) is 4.39 Å². The lowest BCUT2D eigenvalue weighted by molar-refractivity contribution is -0.118. The van der Waals surface area contributed by atoms with E-state index in [1.54, 1.807) is 6.07 Å². The van der Waals surface area contributed by atoms with Crippen LogP contribution in [0, 0.1) is 5.82 Å². The molecule has 3 aliphatic heterocycles. The van der Waals surface area contributed by atoms with E-state index >= 15 is 0 Å². The van der Waals surface area contributed by atoms with Gasteiger partial charge in [0.1, 0.15) is 11.6 Å². The average Bonchev–Trinajstić information content (AvgIpc) is 3.43. The molecule has 0 spiro atoms. The van der Waals surface area contributed by atoms with Crippen LogP contribution in [-0.4, -0.2) is 48.7 Å². The Hall–Kier alpha value is -2.64. The average molecular weight is 498 g/mol. The third-order valence-electron chi connectivity index (χ3n) is 7.62. The number of aromatic nitrogens is 1. The summed E-state index contributed by atoms with van der Waals surface area (Å²) in [5.41, 5.74) is 4.71. The molecule has 1 fully saturated rings. The number of benzene rings is 2. The monoisotopic (exact) mass is 497 g/mol. The van der Waals surface area contributed by atoms with Gasteiger partial charge < -0.3 is 19.1 Å². The third kappa shape index (κ3) is 4.40. The zero-order chi connectivity index (χ0) is 23.9. The molecule has 1 aromatic heterocycles. The number of rotatable bonds is 7. The van der Waals surface area contributed by atoms with Gasteiger partial charge in [0.2, 0.25) is 5.91 Å². The fraction of sp³-hybridized carbons (Fsp3) is 0.481. The number of fused-ring (bicyclic) bond motifs is 1. The lowest BCUT2D eigenvalue weighted by atomic mass is 9.91. The molecule has 184 valence electrons. The number of alkyl halides is 1. The van der Waals surface area contributed by atoms with Crippen molar-refractivity contribution < 1.29 is 18.4 Å². The number of hydrogen-bond donors (Lipinski definition) is 0. The van der Waals surface area contributed by atoms with Crippen LogP contribution in [0.5, 0.6) is 5.75 Å². The highest BCUT2D eigenvalue weighted by Gasteiger charge is 2.36. The minimum Gasteiger partial charge on any atom is -0.494 e. The number of halogens is 2. The predicted octanol–water partition coefficient (Wildman–Crippen LogP) is 5.58. The Balaban J connectivity index is 0.964. The van der Waals surface area contributed by atoms with Crippen LogP contribution in [0.1, 0.15) is 60.2 Å². The largest absolute Gasteiger partial charge is 0.494 e. The van der Waals surface area contributed by atoms with E-state index in [0.717, 1.165) is 79.8 Å².